The predicted octanol–water partition coefficient (Wildman–Crippen LogP) is 4.93. The zero-order chi connectivity index (χ0) is 20.3. The Morgan fingerprint density at radius 3 is 2.41 bits per heavy atom. The van der Waals surface area contributed by atoms with Gasteiger partial charge in [-0.1, -0.05) is 25.0 Å². The van der Waals surface area contributed by atoms with Crippen molar-refractivity contribution < 1.29 is 19.4 Å². The molecule has 0 unspecified atom stereocenters. The summed E-state index contributed by atoms with van der Waals surface area (Å²) in [5.41, 5.74) is 1.15. The molecule has 2 aromatic carbocycles. The molecule has 2 aliphatic carbocycles. The lowest BCUT2D eigenvalue weighted by Gasteiger charge is -2.37. The maximum atomic E-state index is 12.2. The van der Waals surface area contributed by atoms with E-state index >= 15 is 0 Å². The van der Waals surface area contributed by atoms with Gasteiger partial charge in [0.1, 0.15) is 5.75 Å². The summed E-state index contributed by atoms with van der Waals surface area (Å²) in [5.74, 6) is -0.284. The zero-order valence-corrected chi connectivity index (χ0v) is 16.8. The summed E-state index contributed by atoms with van der Waals surface area (Å²) in [5, 5.41) is 13.3. The van der Waals surface area contributed by atoms with Crippen molar-refractivity contribution in [3.63, 3.8) is 0 Å². The van der Waals surface area contributed by atoms with E-state index in [9.17, 15) is 9.59 Å². The van der Waals surface area contributed by atoms with E-state index in [1.165, 1.54) is 38.5 Å². The summed E-state index contributed by atoms with van der Waals surface area (Å²) in [6, 6.07) is 11.5. The maximum absolute atomic E-state index is 12.2. The summed E-state index contributed by atoms with van der Waals surface area (Å²) in [4.78, 5) is 22.7. The Kier molecular flexibility index (Phi) is 5.74. The van der Waals surface area contributed by atoms with E-state index in [4.69, 9.17) is 9.84 Å². The quantitative estimate of drug-likeness (QED) is 0.727. The number of hydrogen-bond acceptors (Lipinski definition) is 3. The Bertz CT molecular complexity index is 891. The van der Waals surface area contributed by atoms with E-state index in [0.717, 1.165) is 29.4 Å². The second-order valence-corrected chi connectivity index (χ2v) is 8.65. The summed E-state index contributed by atoms with van der Waals surface area (Å²) in [7, 11) is 0. The van der Waals surface area contributed by atoms with Gasteiger partial charge in [-0.25, -0.2) is 0 Å². The fraction of sp³-hybridized carbons (Fsp3) is 0.500. The largest absolute Gasteiger partial charge is 0.490 e. The number of ether oxygens (including phenoxy) is 1. The van der Waals surface area contributed by atoms with Gasteiger partial charge < -0.3 is 15.2 Å². The Morgan fingerprint density at radius 2 is 1.69 bits per heavy atom. The van der Waals surface area contributed by atoms with Crippen molar-refractivity contribution in [1.82, 2.24) is 5.32 Å². The molecule has 29 heavy (non-hydrogen) atoms. The minimum atomic E-state index is -0.923. The predicted molar refractivity (Wildman–Crippen MR) is 112 cm³/mol. The van der Waals surface area contributed by atoms with Crippen LogP contribution in [0.25, 0.3) is 10.8 Å². The van der Waals surface area contributed by atoms with E-state index in [-0.39, 0.29) is 18.9 Å². The highest BCUT2D eigenvalue weighted by atomic mass is 16.5. The Labute approximate surface area is 171 Å². The number of nitrogens with one attached hydrogen (secondary N) is 1. The maximum Gasteiger partial charge on any atom is 0.305 e. The molecule has 2 N–H and O–H groups in total. The molecule has 2 saturated carbocycles. The number of amides is 1. The molecule has 2 fully saturated rings. The topological polar surface area (TPSA) is 75.6 Å². The molecule has 0 atom stereocenters. The number of carboxylic acids is 1. The van der Waals surface area contributed by atoms with Crippen LogP contribution >= 0.6 is 0 Å². The lowest BCUT2D eigenvalue weighted by Crippen LogP contribution is -2.30. The molecule has 0 aliphatic heterocycles. The van der Waals surface area contributed by atoms with Gasteiger partial charge in [-0.05, 0) is 79.0 Å². The first kappa shape index (κ1) is 19.7. The van der Waals surface area contributed by atoms with Gasteiger partial charge in [0.15, 0.2) is 0 Å². The first-order valence-electron chi connectivity index (χ1n) is 10.7. The van der Waals surface area contributed by atoms with E-state index in [1.54, 1.807) is 6.07 Å². The van der Waals surface area contributed by atoms with Gasteiger partial charge in [-0.3, -0.25) is 9.59 Å². The van der Waals surface area contributed by atoms with Crippen LogP contribution in [-0.4, -0.2) is 29.6 Å². The van der Waals surface area contributed by atoms with Crippen LogP contribution in [0, 0.1) is 5.41 Å². The molecule has 0 radical (unpaired) electrons. The van der Waals surface area contributed by atoms with Crippen LogP contribution in [0.5, 0.6) is 5.75 Å². The number of hydrogen-bond donors (Lipinski definition) is 2. The van der Waals surface area contributed by atoms with Crippen LogP contribution in [0.1, 0.15) is 68.1 Å². The Hall–Kier alpha value is -2.56. The van der Waals surface area contributed by atoms with E-state index < -0.39 is 5.97 Å². The number of benzene rings is 2. The van der Waals surface area contributed by atoms with Crippen molar-refractivity contribution in [3.8, 4) is 5.75 Å². The monoisotopic (exact) mass is 395 g/mol. The second kappa shape index (κ2) is 8.44. The van der Waals surface area contributed by atoms with Crippen LogP contribution < -0.4 is 10.1 Å². The number of rotatable bonds is 6. The van der Waals surface area contributed by atoms with Crippen LogP contribution in [0.15, 0.2) is 36.4 Å². The summed E-state index contributed by atoms with van der Waals surface area (Å²) < 4.78 is 6.28. The highest BCUT2D eigenvalue weighted by molar-refractivity contribution is 5.98. The fourth-order valence-corrected chi connectivity index (χ4v) is 4.96. The lowest BCUT2D eigenvalue weighted by molar-refractivity contribution is -0.136. The summed E-state index contributed by atoms with van der Waals surface area (Å²) in [6.45, 7) is 0.127. The van der Waals surface area contributed by atoms with E-state index in [0.29, 0.717) is 17.1 Å². The second-order valence-electron chi connectivity index (χ2n) is 8.65. The Morgan fingerprint density at radius 1 is 1.00 bits per heavy atom. The molecule has 1 spiro atoms. The average molecular weight is 395 g/mol. The molecule has 154 valence electrons. The molecular weight excluding hydrogens is 366 g/mol. The van der Waals surface area contributed by atoms with Gasteiger partial charge >= 0.3 is 5.97 Å². The highest BCUT2D eigenvalue weighted by Crippen LogP contribution is 2.49. The first-order chi connectivity index (χ1) is 14.0. The van der Waals surface area contributed by atoms with Gasteiger partial charge in [-0.2, -0.15) is 0 Å². The van der Waals surface area contributed by atoms with Gasteiger partial charge in [0.25, 0.3) is 5.91 Å². The number of carbonyl (C=O) groups excluding carboxylic acids is 1. The van der Waals surface area contributed by atoms with Crippen molar-refractivity contribution in [2.24, 2.45) is 5.41 Å². The summed E-state index contributed by atoms with van der Waals surface area (Å²) in [6.07, 6.45) is 10.7. The minimum Gasteiger partial charge on any atom is -0.490 e. The number of carboxylic acid groups (broad SMARTS) is 1. The molecule has 2 aliphatic rings. The van der Waals surface area contributed by atoms with Crippen LogP contribution in [0.3, 0.4) is 0 Å². The van der Waals surface area contributed by atoms with Crippen LogP contribution in [-0.2, 0) is 4.79 Å². The molecule has 0 heterocycles. The van der Waals surface area contributed by atoms with E-state index in [2.05, 4.69) is 5.32 Å². The van der Waals surface area contributed by atoms with Crippen molar-refractivity contribution in [1.29, 1.82) is 0 Å². The SMILES string of the molecule is O=C(O)CCNC(=O)c1ccc2cc(OC3CCC4(CCCC4)CC3)ccc2c1. The number of aliphatic carboxylic acids is 1. The number of carbonyl (C=O) groups is 2. The zero-order valence-electron chi connectivity index (χ0n) is 16.8. The third-order valence-electron chi connectivity index (χ3n) is 6.66. The van der Waals surface area contributed by atoms with Gasteiger partial charge in [0.05, 0.1) is 12.5 Å². The molecule has 2 aromatic rings. The molecule has 5 nitrogen and oxygen atoms in total. The molecule has 5 heteroatoms. The normalized spacial score (nSPS) is 18.8. The molecule has 0 bridgehead atoms. The smallest absolute Gasteiger partial charge is 0.305 e. The molecule has 4 rings (SSSR count). The fourth-order valence-electron chi connectivity index (χ4n) is 4.96. The van der Waals surface area contributed by atoms with Gasteiger partial charge in [0.2, 0.25) is 0 Å². The number of fused-ring (bicyclic) bond motifs is 1. The standard InChI is InChI=1S/C24H29NO4/c26-22(27)9-14-25-23(28)19-4-3-18-16-21(6-5-17(18)15-19)29-20-7-12-24(13-8-20)10-1-2-11-24/h3-6,15-16,20H,1-2,7-14H2,(H,25,28)(H,26,27). The van der Waals surface area contributed by atoms with Crippen molar-refractivity contribution >= 4 is 22.6 Å². The Balaban J connectivity index is 1.37. The molecule has 0 saturated heterocycles. The molecule has 1 amide bonds. The minimum absolute atomic E-state index is 0.0810. The third-order valence-corrected chi connectivity index (χ3v) is 6.66. The van der Waals surface area contributed by atoms with Gasteiger partial charge in [0, 0.05) is 12.1 Å². The lowest BCUT2D eigenvalue weighted by atomic mass is 9.72. The van der Waals surface area contributed by atoms with Gasteiger partial charge in [-0.15, -0.1) is 0 Å². The van der Waals surface area contributed by atoms with Crippen LogP contribution in [0.2, 0.25) is 0 Å². The average Bonchev–Trinajstić information content (AvgIpc) is 3.17. The van der Waals surface area contributed by atoms with Crippen molar-refractivity contribution in [2.45, 2.75) is 63.9 Å². The van der Waals surface area contributed by atoms with Crippen LogP contribution in [0.4, 0.5) is 0 Å². The summed E-state index contributed by atoms with van der Waals surface area (Å²) >= 11 is 0. The molecule has 0 aromatic heterocycles. The first-order valence-corrected chi connectivity index (χ1v) is 10.7. The van der Waals surface area contributed by atoms with Crippen molar-refractivity contribution in [3.05, 3.63) is 42.0 Å². The highest BCUT2D eigenvalue weighted by Gasteiger charge is 2.38. The third kappa shape index (κ3) is 4.72. The van der Waals surface area contributed by atoms with Crippen molar-refractivity contribution in [2.75, 3.05) is 6.54 Å². The van der Waals surface area contributed by atoms with E-state index in [1.807, 2.05) is 30.3 Å². The molecular formula is C24H29NO4.